The first-order chi connectivity index (χ1) is 8.31. The van der Waals surface area contributed by atoms with Crippen molar-refractivity contribution < 1.29 is 0 Å². The first kappa shape index (κ1) is 11.5. The van der Waals surface area contributed by atoms with E-state index in [0.717, 1.165) is 16.2 Å². The van der Waals surface area contributed by atoms with Crippen molar-refractivity contribution in [3.63, 3.8) is 0 Å². The normalized spacial score (nSPS) is 29.0. The summed E-state index contributed by atoms with van der Waals surface area (Å²) in [7, 11) is 0. The third kappa shape index (κ3) is 2.63. The molecule has 4 heteroatoms. The Bertz CT molecular complexity index is 396. The average molecular weight is 296 g/mol. The van der Waals surface area contributed by atoms with Crippen LogP contribution < -0.4 is 5.32 Å². The van der Waals surface area contributed by atoms with Gasteiger partial charge in [0.05, 0.1) is 11.9 Å². The second-order valence-electron chi connectivity index (χ2n) is 5.09. The smallest absolute Gasteiger partial charge is 0.0540 e. The molecule has 2 fully saturated rings. The lowest BCUT2D eigenvalue weighted by Gasteiger charge is -2.35. The summed E-state index contributed by atoms with van der Waals surface area (Å²) < 4.78 is 1.04. The molecule has 0 spiro atoms. The highest BCUT2D eigenvalue weighted by Gasteiger charge is 2.31. The van der Waals surface area contributed by atoms with Crippen molar-refractivity contribution in [3.05, 3.63) is 22.9 Å². The number of hydrogen-bond donors (Lipinski definition) is 1. The van der Waals surface area contributed by atoms with Gasteiger partial charge in [-0.3, -0.25) is 4.98 Å². The van der Waals surface area contributed by atoms with E-state index in [1.165, 1.54) is 38.8 Å². The molecule has 1 aromatic heterocycles. The molecule has 0 radical (unpaired) electrons. The molecule has 2 aliphatic heterocycles. The number of pyridine rings is 1. The molecule has 2 atom stereocenters. The number of halogens is 1. The summed E-state index contributed by atoms with van der Waals surface area (Å²) in [6.07, 6.45) is 9.04. The molecule has 2 saturated heterocycles. The highest BCUT2D eigenvalue weighted by molar-refractivity contribution is 9.10. The number of anilines is 1. The van der Waals surface area contributed by atoms with Gasteiger partial charge in [-0.05, 0) is 54.2 Å². The van der Waals surface area contributed by atoms with Crippen LogP contribution in [0.3, 0.4) is 0 Å². The Hall–Kier alpha value is -0.610. The fraction of sp³-hybridized carbons (Fsp3) is 0.615. The molecule has 2 aliphatic rings. The summed E-state index contributed by atoms with van der Waals surface area (Å²) in [6, 6.07) is 3.54. The minimum absolute atomic E-state index is 0.616. The zero-order valence-electron chi connectivity index (χ0n) is 9.90. The van der Waals surface area contributed by atoms with Crippen LogP contribution in [0.5, 0.6) is 0 Å². The number of piperidine rings is 1. The van der Waals surface area contributed by atoms with Crippen molar-refractivity contribution >= 4 is 21.6 Å². The van der Waals surface area contributed by atoms with Gasteiger partial charge >= 0.3 is 0 Å². The van der Waals surface area contributed by atoms with Gasteiger partial charge in [0.2, 0.25) is 0 Å². The van der Waals surface area contributed by atoms with Crippen molar-refractivity contribution in [2.75, 3.05) is 18.4 Å². The van der Waals surface area contributed by atoms with Crippen LogP contribution in [0.2, 0.25) is 0 Å². The molecule has 3 nitrogen and oxygen atoms in total. The molecule has 0 aromatic carbocycles. The standard InChI is InChI=1S/C13H18BrN3/c14-10-6-12(9-15-8-10)16-11-3-5-17-4-1-2-13(17)7-11/h6,8-9,11,13,16H,1-5,7H2. The average Bonchev–Trinajstić information content (AvgIpc) is 2.76. The van der Waals surface area contributed by atoms with Crippen molar-refractivity contribution in [1.82, 2.24) is 9.88 Å². The van der Waals surface area contributed by atoms with E-state index in [1.807, 2.05) is 12.4 Å². The number of rotatable bonds is 2. The highest BCUT2D eigenvalue weighted by atomic mass is 79.9. The Labute approximate surface area is 111 Å². The third-order valence-corrected chi connectivity index (χ3v) is 4.33. The van der Waals surface area contributed by atoms with Crippen LogP contribution in [0.25, 0.3) is 0 Å². The van der Waals surface area contributed by atoms with Gasteiger partial charge in [-0.25, -0.2) is 0 Å². The molecule has 17 heavy (non-hydrogen) atoms. The van der Waals surface area contributed by atoms with Crippen LogP contribution in [-0.2, 0) is 0 Å². The Morgan fingerprint density at radius 1 is 1.29 bits per heavy atom. The van der Waals surface area contributed by atoms with Crippen LogP contribution in [0.4, 0.5) is 5.69 Å². The molecule has 0 aliphatic carbocycles. The molecule has 92 valence electrons. The van der Waals surface area contributed by atoms with Crippen molar-refractivity contribution in [3.8, 4) is 0 Å². The SMILES string of the molecule is Brc1cncc(NC2CCN3CCCC3C2)c1. The summed E-state index contributed by atoms with van der Waals surface area (Å²) in [4.78, 5) is 6.85. The van der Waals surface area contributed by atoms with Crippen LogP contribution in [0, 0.1) is 0 Å². The molecular formula is C13H18BrN3. The molecule has 3 rings (SSSR count). The number of nitrogens with zero attached hydrogens (tertiary/aromatic N) is 2. The Morgan fingerprint density at radius 3 is 3.12 bits per heavy atom. The summed E-state index contributed by atoms with van der Waals surface area (Å²) in [5, 5.41) is 3.62. The van der Waals surface area contributed by atoms with Crippen molar-refractivity contribution in [1.29, 1.82) is 0 Å². The fourth-order valence-corrected chi connectivity index (χ4v) is 3.45. The van der Waals surface area contributed by atoms with Gasteiger partial charge in [-0.2, -0.15) is 0 Å². The summed E-state index contributed by atoms with van der Waals surface area (Å²) in [5.74, 6) is 0. The Morgan fingerprint density at radius 2 is 2.24 bits per heavy atom. The van der Waals surface area contributed by atoms with Gasteiger partial charge in [0.15, 0.2) is 0 Å². The lowest BCUT2D eigenvalue weighted by atomic mass is 9.97. The maximum absolute atomic E-state index is 4.20. The fourth-order valence-electron chi connectivity index (χ4n) is 3.08. The van der Waals surface area contributed by atoms with E-state index in [-0.39, 0.29) is 0 Å². The minimum Gasteiger partial charge on any atom is -0.381 e. The van der Waals surface area contributed by atoms with Crippen molar-refractivity contribution in [2.24, 2.45) is 0 Å². The largest absolute Gasteiger partial charge is 0.381 e. The number of fused-ring (bicyclic) bond motifs is 1. The van der Waals surface area contributed by atoms with Crippen LogP contribution in [0.15, 0.2) is 22.9 Å². The minimum atomic E-state index is 0.616. The lowest BCUT2D eigenvalue weighted by Crippen LogP contribution is -2.42. The molecule has 0 bridgehead atoms. The van der Waals surface area contributed by atoms with Gasteiger partial charge < -0.3 is 10.2 Å². The number of hydrogen-bond acceptors (Lipinski definition) is 3. The molecule has 2 unspecified atom stereocenters. The molecule has 3 heterocycles. The van der Waals surface area contributed by atoms with Gasteiger partial charge in [-0.15, -0.1) is 0 Å². The predicted octanol–water partition coefficient (Wildman–Crippen LogP) is 2.88. The number of aromatic nitrogens is 1. The Balaban J connectivity index is 1.62. The van der Waals surface area contributed by atoms with E-state index < -0.39 is 0 Å². The zero-order valence-corrected chi connectivity index (χ0v) is 11.5. The maximum Gasteiger partial charge on any atom is 0.0540 e. The molecule has 1 N–H and O–H groups in total. The topological polar surface area (TPSA) is 28.2 Å². The van der Waals surface area contributed by atoms with Gasteiger partial charge in [0.1, 0.15) is 0 Å². The molecule has 0 amide bonds. The van der Waals surface area contributed by atoms with E-state index in [4.69, 9.17) is 0 Å². The zero-order chi connectivity index (χ0) is 11.7. The van der Waals surface area contributed by atoms with Gasteiger partial charge in [-0.1, -0.05) is 0 Å². The van der Waals surface area contributed by atoms with E-state index in [2.05, 4.69) is 37.2 Å². The van der Waals surface area contributed by atoms with Crippen LogP contribution in [-0.4, -0.2) is 35.1 Å². The molecular weight excluding hydrogens is 278 g/mol. The van der Waals surface area contributed by atoms with E-state index in [9.17, 15) is 0 Å². The number of nitrogens with one attached hydrogen (secondary N) is 1. The second kappa shape index (κ2) is 4.94. The predicted molar refractivity (Wildman–Crippen MR) is 73.2 cm³/mol. The highest BCUT2D eigenvalue weighted by Crippen LogP contribution is 2.28. The monoisotopic (exact) mass is 295 g/mol. The van der Waals surface area contributed by atoms with Crippen LogP contribution >= 0.6 is 15.9 Å². The molecule has 1 aromatic rings. The second-order valence-corrected chi connectivity index (χ2v) is 6.01. The maximum atomic E-state index is 4.20. The summed E-state index contributed by atoms with van der Waals surface area (Å²) >= 11 is 3.46. The van der Waals surface area contributed by atoms with E-state index in [1.54, 1.807) is 0 Å². The summed E-state index contributed by atoms with van der Waals surface area (Å²) in [6.45, 7) is 2.57. The van der Waals surface area contributed by atoms with Gasteiger partial charge in [0.25, 0.3) is 0 Å². The Kier molecular flexibility index (Phi) is 3.34. The first-order valence-electron chi connectivity index (χ1n) is 6.42. The van der Waals surface area contributed by atoms with Gasteiger partial charge in [0, 0.05) is 29.3 Å². The first-order valence-corrected chi connectivity index (χ1v) is 7.22. The lowest BCUT2D eigenvalue weighted by molar-refractivity contribution is 0.188. The van der Waals surface area contributed by atoms with E-state index >= 15 is 0 Å². The van der Waals surface area contributed by atoms with Crippen molar-refractivity contribution in [2.45, 2.75) is 37.8 Å². The van der Waals surface area contributed by atoms with E-state index in [0.29, 0.717) is 6.04 Å². The quantitative estimate of drug-likeness (QED) is 0.909. The third-order valence-electron chi connectivity index (χ3n) is 3.90. The molecule has 0 saturated carbocycles. The van der Waals surface area contributed by atoms with Crippen LogP contribution in [0.1, 0.15) is 25.7 Å². The summed E-state index contributed by atoms with van der Waals surface area (Å²) in [5.41, 5.74) is 1.14.